The number of rotatable bonds is 8. The molecule has 1 aliphatic rings. The molecule has 7 nitrogen and oxygen atoms in total. The van der Waals surface area contributed by atoms with Gasteiger partial charge in [0.2, 0.25) is 10.0 Å². The molecule has 1 aromatic rings. The van der Waals surface area contributed by atoms with Crippen LogP contribution in [-0.2, 0) is 10.0 Å². The van der Waals surface area contributed by atoms with Gasteiger partial charge in [-0.1, -0.05) is 25.7 Å². The Morgan fingerprint density at radius 1 is 1.21 bits per heavy atom. The van der Waals surface area contributed by atoms with Crippen molar-refractivity contribution in [2.24, 2.45) is 0 Å². The monoisotopic (exact) mass is 425 g/mol. The number of benzene rings is 1. The average Bonchev–Trinajstić information content (AvgIpc) is 2.68. The van der Waals surface area contributed by atoms with E-state index in [2.05, 4.69) is 24.1 Å². The number of anilines is 1. The first-order valence-electron chi connectivity index (χ1n) is 9.78. The predicted molar refractivity (Wildman–Crippen MR) is 111 cm³/mol. The van der Waals surface area contributed by atoms with E-state index in [4.69, 9.17) is 5.11 Å². The fourth-order valence-corrected chi connectivity index (χ4v) is 4.64. The number of halogens is 1. The smallest absolute Gasteiger partial charge is 0.405 e. The van der Waals surface area contributed by atoms with E-state index in [1.807, 2.05) is 4.90 Å². The molecule has 1 atom stereocenters. The molecular formula is C20H28FN3O4S. The predicted octanol–water partition coefficient (Wildman–Crippen LogP) is 2.50. The maximum absolute atomic E-state index is 13.1. The Hall–Kier alpha value is -2.31. The normalized spacial score (nSPS) is 16.0. The second-order valence-corrected chi connectivity index (χ2v) is 8.93. The third kappa shape index (κ3) is 7.55. The fourth-order valence-electron chi connectivity index (χ4n) is 3.12. The van der Waals surface area contributed by atoms with Crippen LogP contribution in [0.4, 0.5) is 14.9 Å². The number of carbonyl (C=O) groups is 1. The van der Waals surface area contributed by atoms with Gasteiger partial charge in [0.05, 0.1) is 5.75 Å². The fraction of sp³-hybridized carbons (Fsp3) is 0.550. The van der Waals surface area contributed by atoms with Gasteiger partial charge in [0.15, 0.2) is 0 Å². The molecule has 9 heteroatoms. The van der Waals surface area contributed by atoms with Crippen molar-refractivity contribution in [2.75, 3.05) is 36.8 Å². The Morgan fingerprint density at radius 3 is 2.45 bits per heavy atom. The number of unbranched alkanes of at least 4 members (excludes halogenated alkanes) is 3. The van der Waals surface area contributed by atoms with E-state index >= 15 is 0 Å². The lowest BCUT2D eigenvalue weighted by Gasteiger charge is -2.35. The van der Waals surface area contributed by atoms with Crippen molar-refractivity contribution >= 4 is 21.8 Å². The standard InChI is InChI=1S/C20H28FN3O4S/c1-2-3-4-5-6-7-18(22-20(25)26)16-29(27,28)24-14-12-23(13-15-24)19-10-8-17(21)9-11-19/h8-11,18,22H,2-5,12-16H2,1H3,(H,25,26). The third-order valence-corrected chi connectivity index (χ3v) is 6.59. The molecule has 1 amide bonds. The van der Waals surface area contributed by atoms with Crippen molar-refractivity contribution in [3.05, 3.63) is 30.1 Å². The van der Waals surface area contributed by atoms with Crippen LogP contribution in [0.2, 0.25) is 0 Å². The lowest BCUT2D eigenvalue weighted by atomic mass is 10.2. The Balaban J connectivity index is 1.95. The van der Waals surface area contributed by atoms with Gasteiger partial charge in [-0.25, -0.2) is 17.6 Å². The lowest BCUT2D eigenvalue weighted by molar-refractivity contribution is 0.193. The Labute approximate surface area is 171 Å². The molecule has 0 bridgehead atoms. The number of amides is 1. The van der Waals surface area contributed by atoms with E-state index in [1.54, 1.807) is 12.1 Å². The highest BCUT2D eigenvalue weighted by Crippen LogP contribution is 2.18. The number of nitrogens with one attached hydrogen (secondary N) is 1. The lowest BCUT2D eigenvalue weighted by Crippen LogP contribution is -2.51. The molecule has 0 saturated carbocycles. The van der Waals surface area contributed by atoms with Gasteiger partial charge in [-0.2, -0.15) is 4.31 Å². The van der Waals surface area contributed by atoms with Gasteiger partial charge in [-0.15, -0.1) is 5.92 Å². The van der Waals surface area contributed by atoms with Gasteiger partial charge < -0.3 is 15.3 Å². The highest BCUT2D eigenvalue weighted by molar-refractivity contribution is 7.89. The summed E-state index contributed by atoms with van der Waals surface area (Å²) < 4.78 is 39.9. The number of piperazine rings is 1. The van der Waals surface area contributed by atoms with Crippen LogP contribution in [-0.4, -0.2) is 61.9 Å². The van der Waals surface area contributed by atoms with E-state index in [0.717, 1.165) is 24.9 Å². The molecule has 0 aromatic heterocycles. The van der Waals surface area contributed by atoms with Crippen molar-refractivity contribution in [2.45, 2.75) is 38.6 Å². The van der Waals surface area contributed by atoms with Crippen molar-refractivity contribution < 1.29 is 22.7 Å². The number of hydrogen-bond donors (Lipinski definition) is 2. The van der Waals surface area contributed by atoms with Crippen LogP contribution in [0, 0.1) is 17.7 Å². The number of hydrogen-bond acceptors (Lipinski definition) is 4. The van der Waals surface area contributed by atoms with Gasteiger partial charge in [0.1, 0.15) is 11.9 Å². The van der Waals surface area contributed by atoms with Crippen LogP contribution in [0.1, 0.15) is 32.6 Å². The van der Waals surface area contributed by atoms with Crippen molar-refractivity contribution in [3.63, 3.8) is 0 Å². The molecular weight excluding hydrogens is 397 g/mol. The van der Waals surface area contributed by atoms with Gasteiger partial charge in [-0.3, -0.25) is 0 Å². The van der Waals surface area contributed by atoms with Crippen LogP contribution in [0.25, 0.3) is 0 Å². The van der Waals surface area contributed by atoms with E-state index in [9.17, 15) is 17.6 Å². The maximum Gasteiger partial charge on any atom is 0.405 e. The molecule has 1 aromatic carbocycles. The van der Waals surface area contributed by atoms with Gasteiger partial charge in [0.25, 0.3) is 0 Å². The van der Waals surface area contributed by atoms with Crippen molar-refractivity contribution in [3.8, 4) is 11.8 Å². The Morgan fingerprint density at radius 2 is 1.86 bits per heavy atom. The second-order valence-electron chi connectivity index (χ2n) is 6.92. The third-order valence-electron chi connectivity index (χ3n) is 4.68. The maximum atomic E-state index is 13.1. The van der Waals surface area contributed by atoms with Gasteiger partial charge in [-0.05, 0) is 30.7 Å². The van der Waals surface area contributed by atoms with Crippen LogP contribution in [0.3, 0.4) is 0 Å². The molecule has 1 saturated heterocycles. The Kier molecular flexibility index (Phi) is 8.73. The first-order chi connectivity index (χ1) is 13.8. The summed E-state index contributed by atoms with van der Waals surface area (Å²) in [5, 5.41) is 11.2. The molecule has 0 spiro atoms. The number of sulfonamides is 1. The Bertz CT molecular complexity index is 826. The average molecular weight is 426 g/mol. The molecule has 160 valence electrons. The highest BCUT2D eigenvalue weighted by Gasteiger charge is 2.29. The van der Waals surface area contributed by atoms with Gasteiger partial charge in [0, 0.05) is 38.3 Å². The number of nitrogens with zero attached hydrogens (tertiary/aromatic N) is 2. The summed E-state index contributed by atoms with van der Waals surface area (Å²) in [5.41, 5.74) is 0.840. The topological polar surface area (TPSA) is 90.0 Å². The summed E-state index contributed by atoms with van der Waals surface area (Å²) in [7, 11) is -3.67. The molecule has 1 heterocycles. The minimum atomic E-state index is -3.67. The quantitative estimate of drug-likeness (QED) is 0.493. The van der Waals surface area contributed by atoms with Crippen LogP contribution < -0.4 is 10.2 Å². The van der Waals surface area contributed by atoms with E-state index in [0.29, 0.717) is 19.5 Å². The summed E-state index contributed by atoms with van der Waals surface area (Å²) in [6.07, 6.45) is 2.30. The van der Waals surface area contributed by atoms with Crippen LogP contribution >= 0.6 is 0 Å². The zero-order chi connectivity index (χ0) is 21.3. The second kappa shape index (κ2) is 11.0. The van der Waals surface area contributed by atoms with E-state index < -0.39 is 27.9 Å². The molecule has 1 fully saturated rings. The summed E-state index contributed by atoms with van der Waals surface area (Å²) in [6, 6.07) is 5.12. The molecule has 1 aliphatic heterocycles. The molecule has 2 N–H and O–H groups in total. The van der Waals surface area contributed by atoms with Crippen LogP contribution in [0.5, 0.6) is 0 Å². The largest absolute Gasteiger partial charge is 0.465 e. The van der Waals surface area contributed by atoms with Gasteiger partial charge >= 0.3 is 6.09 Å². The summed E-state index contributed by atoms with van der Waals surface area (Å²) in [5.74, 6) is 4.93. The molecule has 29 heavy (non-hydrogen) atoms. The SMILES string of the molecule is CCCCCC#CC(CS(=O)(=O)N1CCN(c2ccc(F)cc2)CC1)NC(=O)O. The molecule has 0 aliphatic carbocycles. The van der Waals surface area contributed by atoms with Crippen LogP contribution in [0.15, 0.2) is 24.3 Å². The number of carboxylic acid groups (broad SMARTS) is 1. The minimum absolute atomic E-state index is 0.281. The zero-order valence-corrected chi connectivity index (χ0v) is 17.4. The molecule has 0 radical (unpaired) electrons. The summed E-state index contributed by atoms with van der Waals surface area (Å²) in [6.45, 7) is 3.59. The molecule has 1 unspecified atom stereocenters. The minimum Gasteiger partial charge on any atom is -0.465 e. The van der Waals surface area contributed by atoms with Crippen molar-refractivity contribution in [1.29, 1.82) is 0 Å². The first-order valence-corrected chi connectivity index (χ1v) is 11.4. The van der Waals surface area contributed by atoms with E-state index in [1.165, 1.54) is 16.4 Å². The van der Waals surface area contributed by atoms with E-state index in [-0.39, 0.29) is 18.9 Å². The highest BCUT2D eigenvalue weighted by atomic mass is 32.2. The summed E-state index contributed by atoms with van der Waals surface area (Å²) in [4.78, 5) is 13.0. The molecule has 2 rings (SSSR count). The summed E-state index contributed by atoms with van der Waals surface area (Å²) >= 11 is 0. The first kappa shape index (κ1) is 23.0. The zero-order valence-electron chi connectivity index (χ0n) is 16.6. The van der Waals surface area contributed by atoms with Crippen molar-refractivity contribution in [1.82, 2.24) is 9.62 Å².